The molecule has 7 heteroatoms. The van der Waals surface area contributed by atoms with Crippen molar-refractivity contribution < 1.29 is 13.2 Å². The van der Waals surface area contributed by atoms with Crippen molar-refractivity contribution in [3.63, 3.8) is 0 Å². The number of ether oxygens (including phenoxy) is 1. The third-order valence-corrected chi connectivity index (χ3v) is 3.91. The van der Waals surface area contributed by atoms with Crippen LogP contribution >= 0.6 is 0 Å². The van der Waals surface area contributed by atoms with Crippen LogP contribution in [0, 0.1) is 0 Å². The van der Waals surface area contributed by atoms with Crippen LogP contribution in [-0.2, 0) is 10.0 Å². The molecule has 0 atom stereocenters. The molecular weight excluding hydrogens is 254 g/mol. The average Bonchev–Trinajstić information content (AvgIpc) is 2.31. The maximum atomic E-state index is 11.4. The molecule has 2 heterocycles. The number of sulfonamides is 1. The van der Waals surface area contributed by atoms with Gasteiger partial charge in [0.05, 0.1) is 0 Å². The Labute approximate surface area is 107 Å². The largest absolute Gasteiger partial charge is 0.473 e. The van der Waals surface area contributed by atoms with Gasteiger partial charge in [0.15, 0.2) is 0 Å². The van der Waals surface area contributed by atoms with Crippen LogP contribution in [0.5, 0.6) is 5.88 Å². The van der Waals surface area contributed by atoms with E-state index in [4.69, 9.17) is 9.88 Å². The first-order valence-electron chi connectivity index (χ1n) is 5.80. The summed E-state index contributed by atoms with van der Waals surface area (Å²) in [5.74, 6) is 0.106. The fraction of sp³-hybridized carbons (Fsp3) is 0.545. The monoisotopic (exact) mass is 271 g/mol. The Morgan fingerprint density at radius 1 is 1.44 bits per heavy atom. The summed E-state index contributed by atoms with van der Waals surface area (Å²) >= 11 is 0. The summed E-state index contributed by atoms with van der Waals surface area (Å²) in [5.41, 5.74) is 0. The van der Waals surface area contributed by atoms with Crippen LogP contribution in [0.3, 0.4) is 0 Å². The topological polar surface area (TPSA) is 85.5 Å². The fourth-order valence-corrected chi connectivity index (χ4v) is 2.55. The third-order valence-electron chi connectivity index (χ3n) is 2.99. The standard InChI is InChI=1S/C11H17N3O3S/c1-14-7-4-9(5-8-14)17-11-10(18(12,15)16)3-2-6-13-11/h2-3,6,9H,4-5,7-8H2,1H3,(H2,12,15,16). The van der Waals surface area contributed by atoms with Crippen LogP contribution < -0.4 is 9.88 Å². The summed E-state index contributed by atoms with van der Waals surface area (Å²) in [5, 5.41) is 5.13. The molecule has 0 aliphatic carbocycles. The minimum absolute atomic E-state index is 0.00315. The van der Waals surface area contributed by atoms with E-state index < -0.39 is 10.0 Å². The van der Waals surface area contributed by atoms with Crippen molar-refractivity contribution in [2.45, 2.75) is 23.8 Å². The van der Waals surface area contributed by atoms with Gasteiger partial charge in [-0.1, -0.05) is 0 Å². The van der Waals surface area contributed by atoms with Crippen molar-refractivity contribution in [2.24, 2.45) is 5.14 Å². The fourth-order valence-electron chi connectivity index (χ4n) is 1.94. The summed E-state index contributed by atoms with van der Waals surface area (Å²) in [6.45, 7) is 1.87. The quantitative estimate of drug-likeness (QED) is 0.849. The van der Waals surface area contributed by atoms with Gasteiger partial charge < -0.3 is 9.64 Å². The molecule has 0 saturated carbocycles. The zero-order chi connectivity index (χ0) is 13.2. The molecule has 2 rings (SSSR count). The number of primary sulfonamides is 1. The highest BCUT2D eigenvalue weighted by atomic mass is 32.2. The molecule has 1 aromatic heterocycles. The number of nitrogens with zero attached hydrogens (tertiary/aromatic N) is 2. The van der Waals surface area contributed by atoms with Crippen molar-refractivity contribution in [2.75, 3.05) is 20.1 Å². The van der Waals surface area contributed by atoms with E-state index >= 15 is 0 Å². The first-order chi connectivity index (χ1) is 8.47. The molecule has 1 aromatic rings. The van der Waals surface area contributed by atoms with Crippen LogP contribution in [0.25, 0.3) is 0 Å². The van der Waals surface area contributed by atoms with E-state index in [2.05, 4.69) is 9.88 Å². The number of rotatable bonds is 3. The summed E-state index contributed by atoms with van der Waals surface area (Å²) < 4.78 is 28.5. The number of pyridine rings is 1. The molecule has 18 heavy (non-hydrogen) atoms. The van der Waals surface area contributed by atoms with Gasteiger partial charge >= 0.3 is 0 Å². The van der Waals surface area contributed by atoms with Gasteiger partial charge in [0, 0.05) is 19.3 Å². The highest BCUT2D eigenvalue weighted by molar-refractivity contribution is 7.89. The van der Waals surface area contributed by atoms with E-state index in [-0.39, 0.29) is 16.9 Å². The summed E-state index contributed by atoms with van der Waals surface area (Å²) in [4.78, 5) is 6.12. The molecule has 2 N–H and O–H groups in total. The first kappa shape index (κ1) is 13.3. The van der Waals surface area contributed by atoms with E-state index in [9.17, 15) is 8.42 Å². The Morgan fingerprint density at radius 3 is 2.72 bits per heavy atom. The Kier molecular flexibility index (Phi) is 3.84. The van der Waals surface area contributed by atoms with Crippen molar-refractivity contribution in [1.82, 2.24) is 9.88 Å². The molecule has 1 fully saturated rings. The molecule has 0 aromatic carbocycles. The molecule has 1 aliphatic rings. The van der Waals surface area contributed by atoms with Gasteiger partial charge in [-0.05, 0) is 32.0 Å². The molecule has 0 bridgehead atoms. The summed E-state index contributed by atoms with van der Waals surface area (Å²) in [6, 6.07) is 2.94. The maximum absolute atomic E-state index is 11.4. The van der Waals surface area contributed by atoms with E-state index in [0.29, 0.717) is 0 Å². The zero-order valence-corrected chi connectivity index (χ0v) is 11.1. The van der Waals surface area contributed by atoms with Crippen molar-refractivity contribution in [3.8, 4) is 5.88 Å². The summed E-state index contributed by atoms with van der Waals surface area (Å²) in [7, 11) is -1.74. The normalized spacial score (nSPS) is 18.8. The Hall–Kier alpha value is -1.18. The Morgan fingerprint density at radius 2 is 2.11 bits per heavy atom. The second-order valence-electron chi connectivity index (χ2n) is 4.47. The van der Waals surface area contributed by atoms with Crippen LogP contribution in [0.1, 0.15) is 12.8 Å². The molecule has 6 nitrogen and oxygen atoms in total. The van der Waals surface area contributed by atoms with Gasteiger partial charge in [-0.3, -0.25) is 0 Å². The maximum Gasteiger partial charge on any atom is 0.243 e. The number of hydrogen-bond donors (Lipinski definition) is 1. The summed E-state index contributed by atoms with van der Waals surface area (Å²) in [6.07, 6.45) is 3.21. The number of likely N-dealkylation sites (tertiary alicyclic amines) is 1. The molecule has 1 aliphatic heterocycles. The van der Waals surface area contributed by atoms with Crippen molar-refractivity contribution >= 4 is 10.0 Å². The highest BCUT2D eigenvalue weighted by Gasteiger charge is 2.22. The predicted molar refractivity (Wildman–Crippen MR) is 66.8 cm³/mol. The van der Waals surface area contributed by atoms with Gasteiger partial charge in [0.2, 0.25) is 15.9 Å². The lowest BCUT2D eigenvalue weighted by Gasteiger charge is -2.29. The van der Waals surface area contributed by atoms with Gasteiger partial charge in [0.1, 0.15) is 11.0 Å². The number of piperidine rings is 1. The molecule has 0 unspecified atom stereocenters. The van der Waals surface area contributed by atoms with Crippen LogP contribution in [0.15, 0.2) is 23.2 Å². The van der Waals surface area contributed by atoms with Gasteiger partial charge in [-0.15, -0.1) is 0 Å². The molecule has 100 valence electrons. The third kappa shape index (κ3) is 3.18. The van der Waals surface area contributed by atoms with Gasteiger partial charge in [-0.2, -0.15) is 0 Å². The number of hydrogen-bond acceptors (Lipinski definition) is 5. The molecular formula is C11H17N3O3S. The second-order valence-corrected chi connectivity index (χ2v) is 6.00. The van der Waals surface area contributed by atoms with Crippen LogP contribution in [0.4, 0.5) is 0 Å². The van der Waals surface area contributed by atoms with Gasteiger partial charge in [0.25, 0.3) is 0 Å². The minimum atomic E-state index is -3.79. The lowest BCUT2D eigenvalue weighted by Crippen LogP contribution is -2.36. The number of nitrogens with two attached hydrogens (primary N) is 1. The minimum Gasteiger partial charge on any atom is -0.473 e. The van der Waals surface area contributed by atoms with Gasteiger partial charge in [-0.25, -0.2) is 18.5 Å². The van der Waals surface area contributed by atoms with E-state index in [1.807, 2.05) is 7.05 Å². The van der Waals surface area contributed by atoms with Crippen molar-refractivity contribution in [3.05, 3.63) is 18.3 Å². The number of aromatic nitrogens is 1. The smallest absolute Gasteiger partial charge is 0.243 e. The predicted octanol–water partition coefficient (Wildman–Crippen LogP) is 0.202. The lowest BCUT2D eigenvalue weighted by molar-refractivity contribution is 0.107. The Bertz CT molecular complexity index is 510. The highest BCUT2D eigenvalue weighted by Crippen LogP contribution is 2.22. The van der Waals surface area contributed by atoms with Crippen LogP contribution in [0.2, 0.25) is 0 Å². The average molecular weight is 271 g/mol. The Balaban J connectivity index is 2.15. The SMILES string of the molecule is CN1CCC(Oc2ncccc2S(N)(=O)=O)CC1. The van der Waals surface area contributed by atoms with Crippen molar-refractivity contribution in [1.29, 1.82) is 0 Å². The zero-order valence-electron chi connectivity index (χ0n) is 10.2. The first-order valence-corrected chi connectivity index (χ1v) is 7.34. The van der Waals surface area contributed by atoms with E-state index in [1.165, 1.54) is 18.3 Å². The van der Waals surface area contributed by atoms with E-state index in [1.54, 1.807) is 0 Å². The second kappa shape index (κ2) is 5.21. The van der Waals surface area contributed by atoms with Crippen LogP contribution in [-0.4, -0.2) is 44.5 Å². The van der Waals surface area contributed by atoms with E-state index in [0.717, 1.165) is 25.9 Å². The molecule has 0 radical (unpaired) electrons. The lowest BCUT2D eigenvalue weighted by atomic mass is 10.1. The molecule has 0 spiro atoms. The molecule has 1 saturated heterocycles. The molecule has 0 amide bonds.